The summed E-state index contributed by atoms with van der Waals surface area (Å²) in [5.74, 6) is -2.64. The Labute approximate surface area is 145 Å². The maximum absolute atomic E-state index is 13.7. The molecule has 0 radical (unpaired) electrons. The second-order valence-electron chi connectivity index (χ2n) is 5.21. The average molecular weight is 368 g/mol. The maximum atomic E-state index is 13.7. The molecule has 0 fully saturated rings. The molecule has 2 aromatic carbocycles. The first-order chi connectivity index (χ1) is 11.8. The number of amides is 1. The van der Waals surface area contributed by atoms with Gasteiger partial charge < -0.3 is 4.90 Å². The van der Waals surface area contributed by atoms with Crippen molar-refractivity contribution in [1.29, 1.82) is 0 Å². The minimum Gasteiger partial charge on any atom is -0.339 e. The Balaban J connectivity index is 2.35. The van der Waals surface area contributed by atoms with Gasteiger partial charge in [-0.15, -0.1) is 0 Å². The van der Waals surface area contributed by atoms with Crippen LogP contribution in [-0.4, -0.2) is 32.3 Å². The monoisotopic (exact) mass is 368 g/mol. The molecule has 134 valence electrons. The van der Waals surface area contributed by atoms with E-state index >= 15 is 0 Å². The standard InChI is InChI=1S/C17H18F2N2O3S/c1-3-21(4-2)17(22)12-7-5-8-13(11-12)20-25(23,24)16-14(18)9-6-10-15(16)19/h5-11,20H,3-4H2,1-2H3. The highest BCUT2D eigenvalue weighted by molar-refractivity contribution is 7.92. The Kier molecular flexibility index (Phi) is 5.73. The lowest BCUT2D eigenvalue weighted by Crippen LogP contribution is -2.30. The highest BCUT2D eigenvalue weighted by Gasteiger charge is 2.24. The van der Waals surface area contributed by atoms with Crippen LogP contribution in [0, 0.1) is 11.6 Å². The van der Waals surface area contributed by atoms with E-state index in [4.69, 9.17) is 0 Å². The molecule has 0 aromatic heterocycles. The smallest absolute Gasteiger partial charge is 0.267 e. The van der Waals surface area contributed by atoms with E-state index in [-0.39, 0.29) is 17.2 Å². The summed E-state index contributed by atoms with van der Waals surface area (Å²) in [5.41, 5.74) is 0.318. The number of carbonyl (C=O) groups excluding carboxylic acids is 1. The highest BCUT2D eigenvalue weighted by Crippen LogP contribution is 2.22. The first kappa shape index (κ1) is 18.9. The van der Waals surface area contributed by atoms with Crippen molar-refractivity contribution in [3.63, 3.8) is 0 Å². The van der Waals surface area contributed by atoms with Gasteiger partial charge in [-0.3, -0.25) is 9.52 Å². The normalized spacial score (nSPS) is 11.2. The Morgan fingerprint density at radius 2 is 1.60 bits per heavy atom. The lowest BCUT2D eigenvalue weighted by atomic mass is 10.2. The number of anilines is 1. The number of nitrogens with zero attached hydrogens (tertiary/aromatic N) is 1. The molecule has 0 heterocycles. The van der Waals surface area contributed by atoms with Crippen molar-refractivity contribution in [2.75, 3.05) is 17.8 Å². The second-order valence-corrected chi connectivity index (χ2v) is 6.83. The van der Waals surface area contributed by atoms with Crippen molar-refractivity contribution < 1.29 is 22.0 Å². The van der Waals surface area contributed by atoms with E-state index in [2.05, 4.69) is 4.72 Å². The molecule has 0 unspecified atom stereocenters. The summed E-state index contributed by atoms with van der Waals surface area (Å²) in [6.45, 7) is 4.67. The van der Waals surface area contributed by atoms with Crippen LogP contribution in [-0.2, 0) is 10.0 Å². The van der Waals surface area contributed by atoms with Crippen LogP contribution in [0.3, 0.4) is 0 Å². The van der Waals surface area contributed by atoms with Crippen LogP contribution in [0.25, 0.3) is 0 Å². The van der Waals surface area contributed by atoms with E-state index in [1.807, 2.05) is 13.8 Å². The van der Waals surface area contributed by atoms with Crippen molar-refractivity contribution in [2.24, 2.45) is 0 Å². The van der Waals surface area contributed by atoms with Crippen LogP contribution in [0.15, 0.2) is 47.4 Å². The quantitative estimate of drug-likeness (QED) is 0.851. The van der Waals surface area contributed by atoms with Crippen LogP contribution in [0.1, 0.15) is 24.2 Å². The molecule has 0 aliphatic heterocycles. The van der Waals surface area contributed by atoms with Gasteiger partial charge in [0, 0.05) is 24.3 Å². The van der Waals surface area contributed by atoms with Crippen LogP contribution >= 0.6 is 0 Å². The fourth-order valence-corrected chi connectivity index (χ4v) is 3.54. The Morgan fingerprint density at radius 3 is 2.16 bits per heavy atom. The van der Waals surface area contributed by atoms with E-state index in [0.717, 1.165) is 18.2 Å². The van der Waals surface area contributed by atoms with E-state index in [1.165, 1.54) is 18.2 Å². The average Bonchev–Trinajstić information content (AvgIpc) is 2.55. The molecule has 0 saturated carbocycles. The maximum Gasteiger partial charge on any atom is 0.267 e. The molecular formula is C17H18F2N2O3S. The molecule has 0 spiro atoms. The van der Waals surface area contributed by atoms with Gasteiger partial charge in [0.25, 0.3) is 15.9 Å². The number of hydrogen-bond donors (Lipinski definition) is 1. The highest BCUT2D eigenvalue weighted by atomic mass is 32.2. The lowest BCUT2D eigenvalue weighted by Gasteiger charge is -2.19. The summed E-state index contributed by atoms with van der Waals surface area (Å²) in [6, 6.07) is 8.56. The van der Waals surface area contributed by atoms with Crippen LogP contribution in [0.2, 0.25) is 0 Å². The zero-order valence-electron chi connectivity index (χ0n) is 13.8. The molecule has 25 heavy (non-hydrogen) atoms. The fraction of sp³-hybridized carbons (Fsp3) is 0.235. The topological polar surface area (TPSA) is 66.5 Å². The van der Waals surface area contributed by atoms with Crippen molar-refractivity contribution in [3.8, 4) is 0 Å². The van der Waals surface area contributed by atoms with E-state index < -0.39 is 26.6 Å². The van der Waals surface area contributed by atoms with Gasteiger partial charge in [0.2, 0.25) is 0 Å². The number of sulfonamides is 1. The molecule has 8 heteroatoms. The number of carbonyl (C=O) groups is 1. The van der Waals surface area contributed by atoms with Crippen LogP contribution in [0.4, 0.5) is 14.5 Å². The molecule has 2 rings (SSSR count). The molecule has 0 bridgehead atoms. The van der Waals surface area contributed by atoms with Gasteiger partial charge in [0.15, 0.2) is 4.90 Å². The SMILES string of the molecule is CCN(CC)C(=O)c1cccc(NS(=O)(=O)c2c(F)cccc2F)c1. The number of benzene rings is 2. The Morgan fingerprint density at radius 1 is 1.04 bits per heavy atom. The molecule has 0 aliphatic carbocycles. The van der Waals surface area contributed by atoms with E-state index in [9.17, 15) is 22.0 Å². The zero-order valence-corrected chi connectivity index (χ0v) is 14.6. The lowest BCUT2D eigenvalue weighted by molar-refractivity contribution is 0.0773. The molecule has 1 amide bonds. The van der Waals surface area contributed by atoms with Crippen molar-refractivity contribution in [1.82, 2.24) is 4.90 Å². The predicted molar refractivity (Wildman–Crippen MR) is 90.9 cm³/mol. The molecule has 0 saturated heterocycles. The third-order valence-electron chi connectivity index (χ3n) is 3.60. The van der Waals surface area contributed by atoms with Gasteiger partial charge in [0.05, 0.1) is 0 Å². The number of halogens is 2. The van der Waals surface area contributed by atoms with Crippen LogP contribution in [0.5, 0.6) is 0 Å². The third-order valence-corrected chi connectivity index (χ3v) is 5.03. The minimum absolute atomic E-state index is 0.0423. The van der Waals surface area contributed by atoms with Crippen molar-refractivity contribution in [2.45, 2.75) is 18.7 Å². The molecule has 1 N–H and O–H groups in total. The number of nitrogens with one attached hydrogen (secondary N) is 1. The Bertz CT molecular complexity index is 861. The molecule has 5 nitrogen and oxygen atoms in total. The van der Waals surface area contributed by atoms with Gasteiger partial charge in [0.1, 0.15) is 11.6 Å². The summed E-state index contributed by atoms with van der Waals surface area (Å²) in [5, 5.41) is 0. The van der Waals surface area contributed by atoms with E-state index in [1.54, 1.807) is 11.0 Å². The first-order valence-electron chi connectivity index (χ1n) is 7.66. The predicted octanol–water partition coefficient (Wildman–Crippen LogP) is 3.25. The summed E-state index contributed by atoms with van der Waals surface area (Å²) in [6.07, 6.45) is 0. The van der Waals surface area contributed by atoms with Gasteiger partial charge in [-0.25, -0.2) is 17.2 Å². The minimum atomic E-state index is -4.47. The molecular weight excluding hydrogens is 350 g/mol. The van der Waals surface area contributed by atoms with Crippen molar-refractivity contribution >= 4 is 21.6 Å². The third kappa shape index (κ3) is 4.14. The van der Waals surface area contributed by atoms with E-state index in [0.29, 0.717) is 13.1 Å². The summed E-state index contributed by atoms with van der Waals surface area (Å²) >= 11 is 0. The van der Waals surface area contributed by atoms with Gasteiger partial charge in [-0.2, -0.15) is 0 Å². The number of rotatable bonds is 6. The summed E-state index contributed by atoms with van der Waals surface area (Å²) in [4.78, 5) is 12.8. The largest absolute Gasteiger partial charge is 0.339 e. The number of hydrogen-bond acceptors (Lipinski definition) is 3. The summed E-state index contributed by atoms with van der Waals surface area (Å²) in [7, 11) is -4.47. The first-order valence-corrected chi connectivity index (χ1v) is 9.14. The molecule has 0 atom stereocenters. The van der Waals surface area contributed by atoms with Gasteiger partial charge in [-0.05, 0) is 44.2 Å². The summed E-state index contributed by atoms with van der Waals surface area (Å²) < 4.78 is 54.1. The van der Waals surface area contributed by atoms with Gasteiger partial charge >= 0.3 is 0 Å². The molecule has 2 aromatic rings. The Hall–Kier alpha value is -2.48. The van der Waals surface area contributed by atoms with Gasteiger partial charge in [-0.1, -0.05) is 12.1 Å². The molecule has 0 aliphatic rings. The second kappa shape index (κ2) is 7.60. The van der Waals surface area contributed by atoms with Crippen LogP contribution < -0.4 is 4.72 Å². The fourth-order valence-electron chi connectivity index (χ4n) is 2.35. The zero-order chi connectivity index (χ0) is 18.6. The van der Waals surface area contributed by atoms with Crippen molar-refractivity contribution in [3.05, 3.63) is 59.7 Å².